The zero-order valence-electron chi connectivity index (χ0n) is 19.0. The van der Waals surface area contributed by atoms with Crippen molar-refractivity contribution in [3.8, 4) is 28.3 Å². The van der Waals surface area contributed by atoms with E-state index in [0.29, 0.717) is 17.3 Å². The Hall–Kier alpha value is -4.13. The monoisotopic (exact) mass is 440 g/mol. The Morgan fingerprint density at radius 1 is 1.00 bits per heavy atom. The summed E-state index contributed by atoms with van der Waals surface area (Å²) in [7, 11) is 3.49. The lowest BCUT2D eigenvalue weighted by atomic mass is 10.0. The van der Waals surface area contributed by atoms with Crippen LogP contribution in [0.1, 0.15) is 17.1 Å². The fourth-order valence-corrected chi connectivity index (χ4v) is 4.23. The second kappa shape index (κ2) is 8.09. The molecule has 0 aliphatic carbocycles. The average molecular weight is 441 g/mol. The van der Waals surface area contributed by atoms with Crippen LogP contribution in [-0.4, -0.2) is 26.4 Å². The highest BCUT2D eigenvalue weighted by Crippen LogP contribution is 2.30. The molecule has 5 rings (SSSR count). The maximum absolute atomic E-state index is 13.3. The van der Waals surface area contributed by atoms with E-state index in [1.807, 2.05) is 75.5 Å². The van der Waals surface area contributed by atoms with Gasteiger partial charge in [-0.05, 0) is 49.2 Å². The van der Waals surface area contributed by atoms with Crippen molar-refractivity contribution in [3.05, 3.63) is 88.2 Å². The van der Waals surface area contributed by atoms with Gasteiger partial charge in [0.1, 0.15) is 22.9 Å². The largest absolute Gasteiger partial charge is 0.497 e. The summed E-state index contributed by atoms with van der Waals surface area (Å²) >= 11 is 0. The molecule has 0 bridgehead atoms. The Morgan fingerprint density at radius 2 is 1.73 bits per heavy atom. The second-order valence-corrected chi connectivity index (χ2v) is 8.01. The van der Waals surface area contributed by atoms with Crippen LogP contribution in [0.4, 0.5) is 0 Å². The number of rotatable bonds is 5. The summed E-state index contributed by atoms with van der Waals surface area (Å²) < 4.78 is 14.6. The lowest BCUT2D eigenvalue weighted by Crippen LogP contribution is -2.22. The standard InChI is InChI=1S/C26H24N4O3/c1-16-24-21(18-8-6-5-7-9-18)14-23(31)30(26(24)29(3)28-16)15-22-17(2)33-25(27-22)19-10-12-20(32-4)13-11-19/h5-14H,15H2,1-4H3. The normalized spacial score (nSPS) is 11.3. The summed E-state index contributed by atoms with van der Waals surface area (Å²) in [6.45, 7) is 4.12. The Morgan fingerprint density at radius 3 is 2.42 bits per heavy atom. The maximum Gasteiger partial charge on any atom is 0.253 e. The Kier molecular flexibility index (Phi) is 5.09. The van der Waals surface area contributed by atoms with Gasteiger partial charge >= 0.3 is 0 Å². The summed E-state index contributed by atoms with van der Waals surface area (Å²) in [5, 5.41) is 5.57. The minimum absolute atomic E-state index is 0.113. The number of nitrogens with zero attached hydrogens (tertiary/aromatic N) is 4. The molecule has 7 nitrogen and oxygen atoms in total. The fraction of sp³-hybridized carbons (Fsp3) is 0.192. The molecule has 166 valence electrons. The SMILES string of the molecule is COc1ccc(-c2nc(Cn3c(=O)cc(-c4ccccc4)c4c(C)nn(C)c43)c(C)o2)cc1. The van der Waals surface area contributed by atoms with Crippen LogP contribution in [0.25, 0.3) is 33.6 Å². The molecule has 0 aliphatic rings. The highest BCUT2D eigenvalue weighted by molar-refractivity contribution is 5.95. The predicted octanol–water partition coefficient (Wildman–Crippen LogP) is 4.73. The number of hydrogen-bond donors (Lipinski definition) is 0. The molecule has 0 amide bonds. The first-order valence-corrected chi connectivity index (χ1v) is 10.7. The minimum atomic E-state index is -0.113. The van der Waals surface area contributed by atoms with Crippen molar-refractivity contribution in [2.45, 2.75) is 20.4 Å². The molecule has 0 fully saturated rings. The number of oxazole rings is 1. The van der Waals surface area contributed by atoms with Gasteiger partial charge in [0.2, 0.25) is 5.89 Å². The van der Waals surface area contributed by atoms with E-state index in [-0.39, 0.29) is 12.1 Å². The molecule has 5 aromatic rings. The number of methoxy groups -OCH3 is 1. The Labute approximate surface area is 190 Å². The summed E-state index contributed by atoms with van der Waals surface area (Å²) in [5.74, 6) is 1.95. The van der Waals surface area contributed by atoms with E-state index >= 15 is 0 Å². The quantitative estimate of drug-likeness (QED) is 0.395. The van der Waals surface area contributed by atoms with Gasteiger partial charge in [-0.1, -0.05) is 30.3 Å². The zero-order chi connectivity index (χ0) is 23.1. The molecule has 0 saturated carbocycles. The van der Waals surface area contributed by atoms with E-state index in [1.165, 1.54) is 0 Å². The lowest BCUT2D eigenvalue weighted by Gasteiger charge is -2.11. The van der Waals surface area contributed by atoms with E-state index in [1.54, 1.807) is 22.4 Å². The Balaban J connectivity index is 1.61. The average Bonchev–Trinajstić information content (AvgIpc) is 3.34. The van der Waals surface area contributed by atoms with Crippen LogP contribution in [0.3, 0.4) is 0 Å². The molecule has 0 radical (unpaired) electrons. The van der Waals surface area contributed by atoms with Crippen LogP contribution in [0.15, 0.2) is 69.9 Å². The molecular weight excluding hydrogens is 416 g/mol. The topological polar surface area (TPSA) is 75.1 Å². The first-order valence-electron chi connectivity index (χ1n) is 10.7. The fourth-order valence-electron chi connectivity index (χ4n) is 4.23. The molecule has 2 aromatic carbocycles. The molecular formula is C26H24N4O3. The van der Waals surface area contributed by atoms with Crippen LogP contribution < -0.4 is 10.3 Å². The summed E-state index contributed by atoms with van der Waals surface area (Å²) in [4.78, 5) is 18.0. The molecule has 0 spiro atoms. The smallest absolute Gasteiger partial charge is 0.253 e. The van der Waals surface area contributed by atoms with Crippen molar-refractivity contribution < 1.29 is 9.15 Å². The van der Waals surface area contributed by atoms with Gasteiger partial charge < -0.3 is 9.15 Å². The molecule has 3 heterocycles. The molecule has 0 N–H and O–H groups in total. The van der Waals surface area contributed by atoms with Crippen molar-refractivity contribution in [2.75, 3.05) is 7.11 Å². The number of pyridine rings is 1. The van der Waals surface area contributed by atoms with E-state index in [0.717, 1.165) is 39.2 Å². The van der Waals surface area contributed by atoms with Gasteiger partial charge in [0, 0.05) is 24.1 Å². The van der Waals surface area contributed by atoms with Gasteiger partial charge in [-0.25, -0.2) is 4.98 Å². The van der Waals surface area contributed by atoms with Crippen molar-refractivity contribution in [1.29, 1.82) is 0 Å². The second-order valence-electron chi connectivity index (χ2n) is 8.01. The number of aromatic nitrogens is 4. The third-order valence-corrected chi connectivity index (χ3v) is 5.87. The maximum atomic E-state index is 13.3. The number of aryl methyl sites for hydroxylation is 3. The predicted molar refractivity (Wildman–Crippen MR) is 127 cm³/mol. The van der Waals surface area contributed by atoms with Crippen LogP contribution >= 0.6 is 0 Å². The highest BCUT2D eigenvalue weighted by atomic mass is 16.5. The minimum Gasteiger partial charge on any atom is -0.497 e. The number of fused-ring (bicyclic) bond motifs is 1. The molecule has 33 heavy (non-hydrogen) atoms. The van der Waals surface area contributed by atoms with Crippen LogP contribution in [0, 0.1) is 13.8 Å². The van der Waals surface area contributed by atoms with Gasteiger partial charge in [0.15, 0.2) is 0 Å². The van der Waals surface area contributed by atoms with Gasteiger partial charge in [0.25, 0.3) is 5.56 Å². The van der Waals surface area contributed by atoms with Gasteiger partial charge in [-0.2, -0.15) is 5.10 Å². The summed E-state index contributed by atoms with van der Waals surface area (Å²) in [5.41, 5.74) is 4.94. The van der Waals surface area contributed by atoms with Gasteiger partial charge in [0.05, 0.1) is 19.3 Å². The first-order chi connectivity index (χ1) is 16.0. The van der Waals surface area contributed by atoms with Crippen molar-refractivity contribution in [3.63, 3.8) is 0 Å². The number of benzene rings is 2. The third kappa shape index (κ3) is 3.61. The van der Waals surface area contributed by atoms with E-state index in [4.69, 9.17) is 14.1 Å². The Bertz CT molecular complexity index is 1510. The van der Waals surface area contributed by atoms with E-state index in [2.05, 4.69) is 5.10 Å². The molecule has 0 aliphatic heterocycles. The highest BCUT2D eigenvalue weighted by Gasteiger charge is 2.20. The van der Waals surface area contributed by atoms with E-state index in [9.17, 15) is 4.79 Å². The van der Waals surface area contributed by atoms with E-state index < -0.39 is 0 Å². The van der Waals surface area contributed by atoms with Gasteiger partial charge in [-0.15, -0.1) is 0 Å². The van der Waals surface area contributed by atoms with Crippen LogP contribution in [-0.2, 0) is 13.6 Å². The molecule has 0 saturated heterocycles. The van der Waals surface area contributed by atoms with Crippen molar-refractivity contribution >= 4 is 11.0 Å². The van der Waals surface area contributed by atoms with Gasteiger partial charge in [-0.3, -0.25) is 14.0 Å². The number of hydrogen-bond acceptors (Lipinski definition) is 5. The molecule has 7 heteroatoms. The molecule has 0 unspecified atom stereocenters. The summed E-state index contributed by atoms with van der Waals surface area (Å²) in [6.07, 6.45) is 0. The third-order valence-electron chi connectivity index (χ3n) is 5.87. The molecule has 0 atom stereocenters. The lowest BCUT2D eigenvalue weighted by molar-refractivity contribution is 0.415. The summed E-state index contributed by atoms with van der Waals surface area (Å²) in [6, 6.07) is 19.1. The van der Waals surface area contributed by atoms with Crippen molar-refractivity contribution in [2.24, 2.45) is 7.05 Å². The van der Waals surface area contributed by atoms with Crippen LogP contribution in [0.2, 0.25) is 0 Å². The molecule has 3 aromatic heterocycles. The zero-order valence-corrected chi connectivity index (χ0v) is 19.0. The van der Waals surface area contributed by atoms with Crippen LogP contribution in [0.5, 0.6) is 5.75 Å². The van der Waals surface area contributed by atoms with Crippen molar-refractivity contribution in [1.82, 2.24) is 19.3 Å². The first kappa shape index (κ1) is 20.8. The number of ether oxygens (including phenoxy) is 1.